The zero-order valence-corrected chi connectivity index (χ0v) is 15.6. The average molecular weight is 362 g/mol. The van der Waals surface area contributed by atoms with Gasteiger partial charge in [0.25, 0.3) is 0 Å². The highest BCUT2D eigenvalue weighted by molar-refractivity contribution is 6.30. The SMILES string of the molecule is C[C@H](c1nc(N)nc(N(C)C)n1)N1CCN(c2cccc(Cl)c2)CC1. The maximum atomic E-state index is 6.10. The molecule has 1 saturated heterocycles. The summed E-state index contributed by atoms with van der Waals surface area (Å²) < 4.78 is 0. The minimum atomic E-state index is 0.0884. The molecule has 2 heterocycles. The average Bonchev–Trinajstić information content (AvgIpc) is 2.60. The topological polar surface area (TPSA) is 74.4 Å². The van der Waals surface area contributed by atoms with Crippen LogP contribution in [0.3, 0.4) is 0 Å². The van der Waals surface area contributed by atoms with Crippen molar-refractivity contribution < 1.29 is 0 Å². The van der Waals surface area contributed by atoms with Crippen molar-refractivity contribution in [2.75, 3.05) is 55.8 Å². The molecule has 1 atom stereocenters. The van der Waals surface area contributed by atoms with Crippen LogP contribution in [0.5, 0.6) is 0 Å². The van der Waals surface area contributed by atoms with Crippen LogP contribution in [0, 0.1) is 0 Å². The highest BCUT2D eigenvalue weighted by Gasteiger charge is 2.25. The van der Waals surface area contributed by atoms with Gasteiger partial charge in [-0.05, 0) is 25.1 Å². The van der Waals surface area contributed by atoms with E-state index in [1.807, 2.05) is 37.2 Å². The summed E-state index contributed by atoms with van der Waals surface area (Å²) >= 11 is 6.10. The Hall–Kier alpha value is -2.12. The number of rotatable bonds is 4. The molecule has 1 aromatic heterocycles. The molecule has 0 bridgehead atoms. The second-order valence-electron chi connectivity index (χ2n) is 6.43. The molecule has 25 heavy (non-hydrogen) atoms. The number of anilines is 3. The number of piperazine rings is 1. The fourth-order valence-electron chi connectivity index (χ4n) is 2.99. The van der Waals surface area contributed by atoms with E-state index in [9.17, 15) is 0 Å². The summed E-state index contributed by atoms with van der Waals surface area (Å²) in [7, 11) is 3.79. The van der Waals surface area contributed by atoms with E-state index < -0.39 is 0 Å². The molecule has 1 aromatic carbocycles. The first-order valence-electron chi connectivity index (χ1n) is 8.37. The molecule has 2 N–H and O–H groups in total. The van der Waals surface area contributed by atoms with Crippen molar-refractivity contribution in [3.05, 3.63) is 35.1 Å². The van der Waals surface area contributed by atoms with E-state index in [0.717, 1.165) is 31.2 Å². The Balaban J connectivity index is 1.68. The first-order valence-corrected chi connectivity index (χ1v) is 8.75. The maximum absolute atomic E-state index is 6.10. The van der Waals surface area contributed by atoms with E-state index in [2.05, 4.69) is 37.7 Å². The van der Waals surface area contributed by atoms with Crippen LogP contribution in [-0.4, -0.2) is 60.1 Å². The van der Waals surface area contributed by atoms with Crippen LogP contribution in [-0.2, 0) is 0 Å². The van der Waals surface area contributed by atoms with Crippen LogP contribution >= 0.6 is 11.6 Å². The second kappa shape index (κ2) is 7.41. The molecular formula is C17H24ClN7. The lowest BCUT2D eigenvalue weighted by Gasteiger charge is -2.38. The summed E-state index contributed by atoms with van der Waals surface area (Å²) in [5, 5.41) is 0.769. The molecule has 1 aliphatic rings. The number of aromatic nitrogens is 3. The lowest BCUT2D eigenvalue weighted by atomic mass is 10.2. The normalized spacial score (nSPS) is 16.7. The second-order valence-corrected chi connectivity index (χ2v) is 6.86. The molecule has 3 rings (SSSR count). The molecule has 2 aromatic rings. The van der Waals surface area contributed by atoms with Crippen molar-refractivity contribution >= 4 is 29.2 Å². The third-order valence-corrected chi connectivity index (χ3v) is 4.70. The van der Waals surface area contributed by atoms with Gasteiger partial charge in [-0.1, -0.05) is 17.7 Å². The summed E-state index contributed by atoms with van der Waals surface area (Å²) in [6.07, 6.45) is 0. The van der Waals surface area contributed by atoms with Crippen LogP contribution in [0.1, 0.15) is 18.8 Å². The van der Waals surface area contributed by atoms with Gasteiger partial charge in [-0.3, -0.25) is 4.90 Å². The summed E-state index contributed by atoms with van der Waals surface area (Å²) in [6.45, 7) is 5.84. The lowest BCUT2D eigenvalue weighted by Crippen LogP contribution is -2.47. The Morgan fingerprint density at radius 3 is 2.48 bits per heavy atom. The fraction of sp³-hybridized carbons (Fsp3) is 0.471. The molecule has 134 valence electrons. The Bertz CT molecular complexity index is 729. The number of benzene rings is 1. The zero-order chi connectivity index (χ0) is 18.0. The Morgan fingerprint density at radius 1 is 1.12 bits per heavy atom. The van der Waals surface area contributed by atoms with Crippen LogP contribution in [0.25, 0.3) is 0 Å². The molecule has 7 nitrogen and oxygen atoms in total. The lowest BCUT2D eigenvalue weighted by molar-refractivity contribution is 0.191. The highest BCUT2D eigenvalue weighted by Crippen LogP contribution is 2.24. The first kappa shape index (κ1) is 17.7. The molecule has 1 fully saturated rings. The number of halogens is 1. The van der Waals surface area contributed by atoms with Gasteiger partial charge in [-0.15, -0.1) is 0 Å². The van der Waals surface area contributed by atoms with Gasteiger partial charge in [0, 0.05) is 51.0 Å². The molecule has 0 radical (unpaired) electrons. The van der Waals surface area contributed by atoms with Gasteiger partial charge < -0.3 is 15.5 Å². The van der Waals surface area contributed by atoms with E-state index in [1.54, 1.807) is 0 Å². The van der Waals surface area contributed by atoms with Crippen molar-refractivity contribution in [2.45, 2.75) is 13.0 Å². The van der Waals surface area contributed by atoms with E-state index in [1.165, 1.54) is 5.69 Å². The standard InChI is InChI=1S/C17H24ClN7/c1-12(15-20-16(19)22-17(21-15)23(2)3)24-7-9-25(10-8-24)14-6-4-5-13(18)11-14/h4-6,11-12H,7-10H2,1-3H3,(H2,19,20,21,22)/t12-/m1/s1. The third kappa shape index (κ3) is 4.11. The largest absolute Gasteiger partial charge is 0.369 e. The summed E-state index contributed by atoms with van der Waals surface area (Å²) in [4.78, 5) is 19.6. The van der Waals surface area contributed by atoms with Crippen molar-refractivity contribution in [2.24, 2.45) is 0 Å². The summed E-state index contributed by atoms with van der Waals surface area (Å²) in [6, 6.07) is 8.09. The van der Waals surface area contributed by atoms with Gasteiger partial charge >= 0.3 is 0 Å². The summed E-state index contributed by atoms with van der Waals surface area (Å²) in [5.74, 6) is 1.57. The van der Waals surface area contributed by atoms with Crippen molar-refractivity contribution in [1.82, 2.24) is 19.9 Å². The van der Waals surface area contributed by atoms with Crippen LogP contribution in [0.4, 0.5) is 17.6 Å². The molecule has 0 amide bonds. The van der Waals surface area contributed by atoms with Gasteiger partial charge in [0.1, 0.15) is 0 Å². The van der Waals surface area contributed by atoms with E-state index in [0.29, 0.717) is 11.8 Å². The van der Waals surface area contributed by atoms with Gasteiger partial charge in [0.2, 0.25) is 11.9 Å². The number of nitrogens with zero attached hydrogens (tertiary/aromatic N) is 6. The van der Waals surface area contributed by atoms with Crippen molar-refractivity contribution in [3.8, 4) is 0 Å². The minimum Gasteiger partial charge on any atom is -0.369 e. The number of hydrogen-bond donors (Lipinski definition) is 1. The Kier molecular flexibility index (Phi) is 5.24. The molecule has 8 heteroatoms. The molecule has 0 saturated carbocycles. The first-order chi connectivity index (χ1) is 11.9. The van der Waals surface area contributed by atoms with Crippen LogP contribution < -0.4 is 15.5 Å². The van der Waals surface area contributed by atoms with Gasteiger partial charge in [-0.25, -0.2) is 0 Å². The molecular weight excluding hydrogens is 338 g/mol. The van der Waals surface area contributed by atoms with Crippen LogP contribution in [0.2, 0.25) is 5.02 Å². The third-order valence-electron chi connectivity index (χ3n) is 4.47. The zero-order valence-electron chi connectivity index (χ0n) is 14.9. The smallest absolute Gasteiger partial charge is 0.229 e. The van der Waals surface area contributed by atoms with E-state index in [-0.39, 0.29) is 12.0 Å². The fourth-order valence-corrected chi connectivity index (χ4v) is 3.17. The molecule has 0 spiro atoms. The van der Waals surface area contributed by atoms with Crippen LogP contribution in [0.15, 0.2) is 24.3 Å². The van der Waals surface area contributed by atoms with E-state index in [4.69, 9.17) is 17.3 Å². The highest BCUT2D eigenvalue weighted by atomic mass is 35.5. The van der Waals surface area contributed by atoms with Crippen molar-refractivity contribution in [1.29, 1.82) is 0 Å². The van der Waals surface area contributed by atoms with Gasteiger partial charge in [0.15, 0.2) is 5.82 Å². The monoisotopic (exact) mass is 361 g/mol. The number of nitrogens with two attached hydrogens (primary N) is 1. The minimum absolute atomic E-state index is 0.0884. The molecule has 1 aliphatic heterocycles. The molecule has 0 unspecified atom stereocenters. The number of hydrogen-bond acceptors (Lipinski definition) is 7. The quantitative estimate of drug-likeness (QED) is 0.893. The van der Waals surface area contributed by atoms with Gasteiger partial charge in [0.05, 0.1) is 6.04 Å². The predicted molar refractivity (Wildman–Crippen MR) is 102 cm³/mol. The Morgan fingerprint density at radius 2 is 1.84 bits per heavy atom. The number of nitrogen functional groups attached to an aromatic ring is 1. The Labute approximate surface area is 153 Å². The van der Waals surface area contributed by atoms with E-state index >= 15 is 0 Å². The maximum Gasteiger partial charge on any atom is 0.229 e. The predicted octanol–water partition coefficient (Wildman–Crippen LogP) is 2.06. The summed E-state index contributed by atoms with van der Waals surface area (Å²) in [5.41, 5.74) is 7.01. The van der Waals surface area contributed by atoms with Gasteiger partial charge in [-0.2, -0.15) is 15.0 Å². The molecule has 0 aliphatic carbocycles. The van der Waals surface area contributed by atoms with Crippen molar-refractivity contribution in [3.63, 3.8) is 0 Å².